The zero-order valence-electron chi connectivity index (χ0n) is 22.9. The molecule has 0 aromatic heterocycles. The molecule has 2 rings (SSSR count). The molecule has 8 heteroatoms. The van der Waals surface area contributed by atoms with Gasteiger partial charge in [-0.05, 0) is 55.0 Å². The number of rotatable bonds is 14. The zero-order chi connectivity index (χ0) is 27.4. The van der Waals surface area contributed by atoms with Gasteiger partial charge in [0.25, 0.3) is 5.91 Å². The first-order chi connectivity index (χ1) is 17.7. The Labute approximate surface area is 220 Å². The Hall–Kier alpha value is -3.55. The van der Waals surface area contributed by atoms with E-state index in [0.717, 1.165) is 31.2 Å². The van der Waals surface area contributed by atoms with Crippen molar-refractivity contribution in [2.45, 2.75) is 59.4 Å². The number of anilines is 1. The number of aryl methyl sites for hydroxylation is 1. The molecular formula is C29H41N3O5. The summed E-state index contributed by atoms with van der Waals surface area (Å²) >= 11 is 0. The van der Waals surface area contributed by atoms with E-state index in [1.807, 2.05) is 12.1 Å². The normalized spacial score (nSPS) is 11.5. The van der Waals surface area contributed by atoms with Crippen molar-refractivity contribution in [3.8, 4) is 11.5 Å². The van der Waals surface area contributed by atoms with Gasteiger partial charge < -0.3 is 25.0 Å². The van der Waals surface area contributed by atoms with Crippen molar-refractivity contribution in [3.05, 3.63) is 53.6 Å². The van der Waals surface area contributed by atoms with E-state index < -0.39 is 6.04 Å². The molecule has 0 unspecified atom stereocenters. The molecule has 2 N–H and O–H groups in total. The number of ether oxygens (including phenoxy) is 2. The van der Waals surface area contributed by atoms with Gasteiger partial charge in [0.05, 0.1) is 20.8 Å². The van der Waals surface area contributed by atoms with Crippen molar-refractivity contribution in [1.82, 2.24) is 10.6 Å². The summed E-state index contributed by atoms with van der Waals surface area (Å²) in [7, 11) is 3.04. The van der Waals surface area contributed by atoms with E-state index in [1.54, 1.807) is 30.3 Å². The molecule has 8 nitrogen and oxygen atoms in total. The van der Waals surface area contributed by atoms with E-state index >= 15 is 0 Å². The molecule has 0 radical (unpaired) electrons. The van der Waals surface area contributed by atoms with Crippen LogP contribution in [-0.4, -0.2) is 51.1 Å². The maximum atomic E-state index is 13.2. The molecule has 0 spiro atoms. The summed E-state index contributed by atoms with van der Waals surface area (Å²) in [6, 6.07) is 11.5. The molecule has 0 saturated heterocycles. The van der Waals surface area contributed by atoms with E-state index in [4.69, 9.17) is 9.47 Å². The highest BCUT2D eigenvalue weighted by molar-refractivity contribution is 5.99. The number of unbranched alkanes of at least 4 members (excludes halogenated alkanes) is 1. The minimum absolute atomic E-state index is 0.0430. The molecule has 0 aliphatic heterocycles. The Bertz CT molecular complexity index is 1040. The third-order valence-electron chi connectivity index (χ3n) is 6.10. The summed E-state index contributed by atoms with van der Waals surface area (Å²) in [6.07, 6.45) is 3.94. The first kappa shape index (κ1) is 29.7. The number of methoxy groups -OCH3 is 2. The minimum Gasteiger partial charge on any atom is -0.493 e. The molecule has 37 heavy (non-hydrogen) atoms. The van der Waals surface area contributed by atoms with Gasteiger partial charge in [0.2, 0.25) is 11.8 Å². The van der Waals surface area contributed by atoms with Crippen LogP contribution in [0.25, 0.3) is 0 Å². The maximum absolute atomic E-state index is 13.2. The monoisotopic (exact) mass is 511 g/mol. The second-order valence-corrected chi connectivity index (χ2v) is 9.47. The van der Waals surface area contributed by atoms with Crippen LogP contribution >= 0.6 is 0 Å². The molecule has 0 bridgehead atoms. The Balaban J connectivity index is 2.28. The van der Waals surface area contributed by atoms with Crippen LogP contribution in [0.1, 0.15) is 62.9 Å². The molecule has 0 fully saturated rings. The minimum atomic E-state index is -0.962. The standard InChI is InChI=1S/C29H41N3O5/c1-7-8-9-22-10-12-23(13-11-22)28(34)31-25(29(35)30-17-16-20(2)3)19-32(21(4)33)24-14-15-26(36-5)27(18-24)37-6/h10-15,18,20,25H,7-9,16-17,19H2,1-6H3,(H,30,35)(H,31,34)/t25-/m0/s1. The Kier molecular flexibility index (Phi) is 11.9. The molecule has 3 amide bonds. The third kappa shape index (κ3) is 9.12. The lowest BCUT2D eigenvalue weighted by molar-refractivity contribution is -0.123. The second kappa shape index (κ2) is 14.9. The van der Waals surface area contributed by atoms with Crippen molar-refractivity contribution in [1.29, 1.82) is 0 Å². The number of hydrogen-bond acceptors (Lipinski definition) is 5. The fourth-order valence-electron chi connectivity index (χ4n) is 3.84. The van der Waals surface area contributed by atoms with Gasteiger partial charge in [0.15, 0.2) is 11.5 Å². The predicted octanol–water partition coefficient (Wildman–Crippen LogP) is 4.36. The second-order valence-electron chi connectivity index (χ2n) is 9.47. The Morgan fingerprint density at radius 3 is 2.22 bits per heavy atom. The summed E-state index contributed by atoms with van der Waals surface area (Å²) in [6.45, 7) is 8.14. The van der Waals surface area contributed by atoms with Gasteiger partial charge in [-0.1, -0.05) is 39.3 Å². The summed E-state index contributed by atoms with van der Waals surface area (Å²) in [5, 5.41) is 5.74. The Morgan fingerprint density at radius 2 is 1.65 bits per heavy atom. The lowest BCUT2D eigenvalue weighted by Gasteiger charge is -2.27. The quantitative estimate of drug-likeness (QED) is 0.393. The number of nitrogens with one attached hydrogen (secondary N) is 2. The first-order valence-electron chi connectivity index (χ1n) is 12.9. The van der Waals surface area contributed by atoms with E-state index in [0.29, 0.717) is 35.2 Å². The zero-order valence-corrected chi connectivity index (χ0v) is 22.9. The molecule has 0 aliphatic rings. The average molecular weight is 512 g/mol. The average Bonchev–Trinajstić information content (AvgIpc) is 2.89. The van der Waals surface area contributed by atoms with Crippen LogP contribution in [-0.2, 0) is 16.0 Å². The number of amides is 3. The number of nitrogens with zero attached hydrogens (tertiary/aromatic N) is 1. The van der Waals surface area contributed by atoms with Gasteiger partial charge in [-0.2, -0.15) is 0 Å². The highest BCUT2D eigenvalue weighted by atomic mass is 16.5. The van der Waals surface area contributed by atoms with Gasteiger partial charge >= 0.3 is 0 Å². The SMILES string of the molecule is CCCCc1ccc(C(=O)N[C@@H](CN(C(C)=O)c2ccc(OC)c(OC)c2)C(=O)NCCC(C)C)cc1. The number of carbonyl (C=O) groups is 3. The summed E-state index contributed by atoms with van der Waals surface area (Å²) in [5.41, 5.74) is 2.15. The van der Waals surface area contributed by atoms with Crippen LogP contribution in [0.3, 0.4) is 0 Å². The predicted molar refractivity (Wildman–Crippen MR) is 146 cm³/mol. The van der Waals surface area contributed by atoms with Gasteiger partial charge in [0.1, 0.15) is 6.04 Å². The molecular weight excluding hydrogens is 470 g/mol. The van der Waals surface area contributed by atoms with Crippen LogP contribution in [0.2, 0.25) is 0 Å². The molecule has 202 valence electrons. The van der Waals surface area contributed by atoms with Crippen LogP contribution in [0, 0.1) is 5.92 Å². The molecule has 1 atom stereocenters. The lowest BCUT2D eigenvalue weighted by atomic mass is 10.1. The van der Waals surface area contributed by atoms with Gasteiger partial charge in [-0.15, -0.1) is 0 Å². The fourth-order valence-corrected chi connectivity index (χ4v) is 3.84. The number of benzene rings is 2. The lowest BCUT2D eigenvalue weighted by Crippen LogP contribution is -2.53. The van der Waals surface area contributed by atoms with Crippen LogP contribution in [0.15, 0.2) is 42.5 Å². The first-order valence-corrected chi connectivity index (χ1v) is 12.9. The van der Waals surface area contributed by atoms with Gasteiger partial charge in [-0.25, -0.2) is 0 Å². The van der Waals surface area contributed by atoms with Crippen molar-refractivity contribution >= 4 is 23.4 Å². The summed E-state index contributed by atoms with van der Waals surface area (Å²) < 4.78 is 10.7. The van der Waals surface area contributed by atoms with Crippen molar-refractivity contribution < 1.29 is 23.9 Å². The molecule has 0 aliphatic carbocycles. The molecule has 0 heterocycles. The van der Waals surface area contributed by atoms with E-state index in [1.165, 1.54) is 26.0 Å². The largest absolute Gasteiger partial charge is 0.493 e. The van der Waals surface area contributed by atoms with E-state index in [9.17, 15) is 14.4 Å². The van der Waals surface area contributed by atoms with Crippen molar-refractivity contribution in [3.63, 3.8) is 0 Å². The molecule has 2 aromatic rings. The molecule has 2 aromatic carbocycles. The van der Waals surface area contributed by atoms with Crippen LogP contribution < -0.4 is 25.0 Å². The number of carbonyl (C=O) groups excluding carboxylic acids is 3. The van der Waals surface area contributed by atoms with E-state index in [2.05, 4.69) is 31.4 Å². The Morgan fingerprint density at radius 1 is 0.973 bits per heavy atom. The highest BCUT2D eigenvalue weighted by Gasteiger charge is 2.27. The van der Waals surface area contributed by atoms with E-state index in [-0.39, 0.29) is 24.3 Å². The number of hydrogen-bond donors (Lipinski definition) is 2. The summed E-state index contributed by atoms with van der Waals surface area (Å²) in [5.74, 6) is 0.397. The van der Waals surface area contributed by atoms with Gasteiger partial charge in [0, 0.05) is 30.8 Å². The van der Waals surface area contributed by atoms with Crippen LogP contribution in [0.4, 0.5) is 5.69 Å². The fraction of sp³-hybridized carbons (Fsp3) is 0.483. The van der Waals surface area contributed by atoms with Crippen molar-refractivity contribution in [2.24, 2.45) is 5.92 Å². The highest BCUT2D eigenvalue weighted by Crippen LogP contribution is 2.31. The van der Waals surface area contributed by atoms with Gasteiger partial charge in [-0.3, -0.25) is 14.4 Å². The maximum Gasteiger partial charge on any atom is 0.251 e. The van der Waals surface area contributed by atoms with Crippen molar-refractivity contribution in [2.75, 3.05) is 32.2 Å². The smallest absolute Gasteiger partial charge is 0.251 e. The van der Waals surface area contributed by atoms with Crippen LogP contribution in [0.5, 0.6) is 11.5 Å². The topological polar surface area (TPSA) is 97.0 Å². The third-order valence-corrected chi connectivity index (χ3v) is 6.10. The molecule has 0 saturated carbocycles. The summed E-state index contributed by atoms with van der Waals surface area (Å²) in [4.78, 5) is 40.4.